The molecule has 234 valence electrons. The van der Waals surface area contributed by atoms with Gasteiger partial charge in [-0.15, -0.1) is 0 Å². The highest BCUT2D eigenvalue weighted by atomic mass is 19.4. The molecule has 1 saturated heterocycles. The van der Waals surface area contributed by atoms with Crippen molar-refractivity contribution >= 4 is 22.7 Å². The maximum absolute atomic E-state index is 14.6. The summed E-state index contributed by atoms with van der Waals surface area (Å²) in [5, 5.41) is 4.30. The number of piperidine rings is 1. The molecular formula is C32H32F6N4O2. The number of hydrogen-bond donors (Lipinski definition) is 1. The van der Waals surface area contributed by atoms with Crippen LogP contribution in [0.4, 0.5) is 36.8 Å². The first-order valence-electron chi connectivity index (χ1n) is 14.1. The highest BCUT2D eigenvalue weighted by molar-refractivity contribution is 5.95. The van der Waals surface area contributed by atoms with E-state index in [1.807, 2.05) is 32.9 Å². The quantitative estimate of drug-likeness (QED) is 0.223. The fourth-order valence-corrected chi connectivity index (χ4v) is 6.07. The molecule has 12 heteroatoms. The summed E-state index contributed by atoms with van der Waals surface area (Å²) in [6, 6.07) is 11.8. The predicted molar refractivity (Wildman–Crippen MR) is 154 cm³/mol. The number of nitrogens with two attached hydrogens (primary N) is 1. The number of rotatable bonds is 6. The number of alkyl halides is 3. The molecule has 0 spiro atoms. The molecule has 1 aliphatic heterocycles. The molecule has 0 radical (unpaired) electrons. The van der Waals surface area contributed by atoms with E-state index in [0.29, 0.717) is 30.8 Å². The maximum atomic E-state index is 14.6. The van der Waals surface area contributed by atoms with E-state index in [0.717, 1.165) is 29.3 Å². The molecule has 1 atom stereocenters. The molecule has 44 heavy (non-hydrogen) atoms. The molecular weight excluding hydrogens is 586 g/mol. The second-order valence-electron chi connectivity index (χ2n) is 12.1. The molecule has 4 aromatic rings. The zero-order valence-electron chi connectivity index (χ0n) is 24.4. The normalized spacial score (nSPS) is 15.5. The van der Waals surface area contributed by atoms with Crippen LogP contribution in [-0.2, 0) is 17.5 Å². The number of ether oxygens (including phenoxy) is 1. The molecule has 1 aliphatic rings. The van der Waals surface area contributed by atoms with Crippen LogP contribution in [0.15, 0.2) is 54.6 Å². The first kappa shape index (κ1) is 31.2. The number of anilines is 1. The van der Waals surface area contributed by atoms with Crippen molar-refractivity contribution in [3.63, 3.8) is 0 Å². The molecule has 1 aromatic heterocycles. The van der Waals surface area contributed by atoms with Crippen LogP contribution in [-0.4, -0.2) is 35.1 Å². The van der Waals surface area contributed by atoms with Crippen LogP contribution >= 0.6 is 0 Å². The largest absolute Gasteiger partial charge is 0.446 e. The maximum Gasteiger partial charge on any atom is 0.418 e. The fourth-order valence-electron chi connectivity index (χ4n) is 6.07. The lowest BCUT2D eigenvalue weighted by Crippen LogP contribution is -2.45. The molecule has 2 heterocycles. The Hall–Kier alpha value is -4.22. The van der Waals surface area contributed by atoms with Gasteiger partial charge in [0.25, 0.3) is 0 Å². The van der Waals surface area contributed by atoms with Gasteiger partial charge in [0, 0.05) is 47.4 Å². The second kappa shape index (κ2) is 11.7. The van der Waals surface area contributed by atoms with Gasteiger partial charge in [-0.05, 0) is 42.4 Å². The van der Waals surface area contributed by atoms with Gasteiger partial charge in [0.2, 0.25) is 0 Å². The predicted octanol–water partition coefficient (Wildman–Crippen LogP) is 7.91. The first-order valence-corrected chi connectivity index (χ1v) is 14.1. The Bertz CT molecular complexity index is 1650. The molecule has 2 N–H and O–H groups in total. The van der Waals surface area contributed by atoms with Gasteiger partial charge in [-0.25, -0.2) is 18.0 Å². The van der Waals surface area contributed by atoms with E-state index in [4.69, 9.17) is 10.5 Å². The van der Waals surface area contributed by atoms with Crippen LogP contribution in [0.5, 0.6) is 0 Å². The third kappa shape index (κ3) is 6.34. The van der Waals surface area contributed by atoms with E-state index in [-0.39, 0.29) is 34.0 Å². The molecule has 1 unspecified atom stereocenters. The number of hydrogen-bond acceptors (Lipinski definition) is 4. The zero-order valence-corrected chi connectivity index (χ0v) is 24.4. The number of halogens is 6. The second-order valence-corrected chi connectivity index (χ2v) is 12.1. The summed E-state index contributed by atoms with van der Waals surface area (Å²) in [6.07, 6.45) is -4.35. The SMILES string of the molecule is CC(C)(C)C(OC(N)=O)C1CCN(c2ccc(-c3c4cccc(C(F)(F)F)c4nn3Cc3c(F)cc(F)cc3F)cc2)CC1. The average molecular weight is 619 g/mol. The smallest absolute Gasteiger partial charge is 0.418 e. The number of nitrogens with zero attached hydrogens (tertiary/aromatic N) is 3. The monoisotopic (exact) mass is 618 g/mol. The fraction of sp³-hybridized carbons (Fsp3) is 0.375. The number of carbonyl (C=O) groups is 1. The van der Waals surface area contributed by atoms with Gasteiger partial charge in [0.1, 0.15) is 29.1 Å². The lowest BCUT2D eigenvalue weighted by molar-refractivity contribution is -0.136. The first-order chi connectivity index (χ1) is 20.6. The molecule has 6 nitrogen and oxygen atoms in total. The van der Waals surface area contributed by atoms with E-state index < -0.39 is 47.4 Å². The van der Waals surface area contributed by atoms with E-state index >= 15 is 0 Å². The number of benzene rings is 3. The van der Waals surface area contributed by atoms with Crippen molar-refractivity contribution in [2.24, 2.45) is 17.1 Å². The molecule has 1 amide bonds. The van der Waals surface area contributed by atoms with Crippen molar-refractivity contribution in [1.29, 1.82) is 0 Å². The van der Waals surface area contributed by atoms with E-state index in [1.165, 1.54) is 12.1 Å². The Kier molecular flexibility index (Phi) is 8.30. The molecule has 0 aliphatic carbocycles. The minimum atomic E-state index is -4.72. The molecule has 1 fully saturated rings. The lowest BCUT2D eigenvalue weighted by Gasteiger charge is -2.41. The Morgan fingerprint density at radius 3 is 2.16 bits per heavy atom. The van der Waals surface area contributed by atoms with Crippen LogP contribution < -0.4 is 10.6 Å². The van der Waals surface area contributed by atoms with Crippen molar-refractivity contribution in [3.05, 3.63) is 83.2 Å². The Labute approximate surface area is 250 Å². The summed E-state index contributed by atoms with van der Waals surface area (Å²) < 4.78 is 90.9. The summed E-state index contributed by atoms with van der Waals surface area (Å²) in [4.78, 5) is 13.7. The third-order valence-corrected chi connectivity index (χ3v) is 8.06. The van der Waals surface area contributed by atoms with Crippen LogP contribution in [0.2, 0.25) is 0 Å². The Morgan fingerprint density at radius 1 is 1.00 bits per heavy atom. The summed E-state index contributed by atoms with van der Waals surface area (Å²) >= 11 is 0. The standard InChI is InChI=1S/C32H32F6N4O2/c1-31(2,3)29(44-30(39)43)19-11-13-41(14-12-19)21-9-7-18(8-10-21)28-22-5-4-6-24(32(36,37)38)27(22)40-42(28)17-23-25(34)15-20(33)16-26(23)35/h4-10,15-16,19,29H,11-14,17H2,1-3H3,(H2,39,43). The summed E-state index contributed by atoms with van der Waals surface area (Å²) in [5.74, 6) is -3.33. The van der Waals surface area contributed by atoms with Gasteiger partial charge in [0.05, 0.1) is 17.8 Å². The van der Waals surface area contributed by atoms with E-state index in [9.17, 15) is 31.1 Å². The van der Waals surface area contributed by atoms with Crippen molar-refractivity contribution < 1.29 is 35.9 Å². The number of carbonyl (C=O) groups excluding carboxylic acids is 1. The molecule has 5 rings (SSSR count). The van der Waals surface area contributed by atoms with Crippen LogP contribution in [0, 0.1) is 28.8 Å². The van der Waals surface area contributed by atoms with Crippen LogP contribution in [0.25, 0.3) is 22.2 Å². The third-order valence-electron chi connectivity index (χ3n) is 8.06. The molecule has 3 aromatic carbocycles. The number of primary amides is 1. The van der Waals surface area contributed by atoms with E-state index in [1.54, 1.807) is 12.1 Å². The van der Waals surface area contributed by atoms with Crippen molar-refractivity contribution in [1.82, 2.24) is 9.78 Å². The van der Waals surface area contributed by atoms with Crippen LogP contribution in [0.1, 0.15) is 44.7 Å². The highest BCUT2D eigenvalue weighted by Gasteiger charge is 2.37. The molecule has 0 saturated carbocycles. The minimum absolute atomic E-state index is 0.119. The van der Waals surface area contributed by atoms with Crippen LogP contribution in [0.3, 0.4) is 0 Å². The number of amides is 1. The van der Waals surface area contributed by atoms with Gasteiger partial charge >= 0.3 is 12.3 Å². The van der Waals surface area contributed by atoms with Gasteiger partial charge < -0.3 is 15.4 Å². The number of aromatic nitrogens is 2. The summed E-state index contributed by atoms with van der Waals surface area (Å²) in [6.45, 7) is 6.79. The summed E-state index contributed by atoms with van der Waals surface area (Å²) in [7, 11) is 0. The summed E-state index contributed by atoms with van der Waals surface area (Å²) in [5.41, 5.74) is 4.75. The topological polar surface area (TPSA) is 73.4 Å². The van der Waals surface area contributed by atoms with Crippen molar-refractivity contribution in [2.75, 3.05) is 18.0 Å². The Morgan fingerprint density at radius 2 is 1.61 bits per heavy atom. The van der Waals surface area contributed by atoms with E-state index in [2.05, 4.69) is 10.00 Å². The van der Waals surface area contributed by atoms with Gasteiger partial charge in [0.15, 0.2) is 0 Å². The number of fused-ring (bicyclic) bond motifs is 1. The molecule has 0 bridgehead atoms. The lowest BCUT2D eigenvalue weighted by atomic mass is 9.77. The minimum Gasteiger partial charge on any atom is -0.446 e. The highest BCUT2D eigenvalue weighted by Crippen LogP contribution is 2.40. The zero-order chi connectivity index (χ0) is 32.0. The van der Waals surface area contributed by atoms with Crippen molar-refractivity contribution in [3.8, 4) is 11.3 Å². The average Bonchev–Trinajstić information content (AvgIpc) is 3.31. The van der Waals surface area contributed by atoms with Gasteiger partial charge in [-0.3, -0.25) is 4.68 Å². The van der Waals surface area contributed by atoms with Gasteiger partial charge in [-0.2, -0.15) is 18.3 Å². The Balaban J connectivity index is 1.47. The van der Waals surface area contributed by atoms with Crippen molar-refractivity contribution in [2.45, 2.75) is 52.4 Å². The van der Waals surface area contributed by atoms with Gasteiger partial charge in [-0.1, -0.05) is 45.0 Å².